The lowest BCUT2D eigenvalue weighted by Crippen LogP contribution is -2.53. The minimum absolute atomic E-state index is 0.0640. The van der Waals surface area contributed by atoms with Crippen molar-refractivity contribution in [2.45, 2.75) is 76.1 Å². The SMILES string of the molecule is CCCCCC1(C)OCC2(CC(=O)O)CCC1O2. The molecule has 0 aromatic rings. The first kappa shape index (κ1) is 13.8. The molecule has 3 unspecified atom stereocenters. The standard InChI is InChI=1S/C14H24O4/c1-3-4-5-7-13(2)11-6-8-14(18-11,10-17-13)9-12(15)16/h11H,3-10H2,1-2H3,(H,15,16). The van der Waals surface area contributed by atoms with Crippen LogP contribution in [0.1, 0.15) is 58.8 Å². The van der Waals surface area contributed by atoms with Crippen molar-refractivity contribution in [2.24, 2.45) is 0 Å². The third kappa shape index (κ3) is 2.69. The summed E-state index contributed by atoms with van der Waals surface area (Å²) < 4.78 is 12.1. The number of carbonyl (C=O) groups is 1. The molecule has 2 fully saturated rings. The molecule has 2 aliphatic heterocycles. The van der Waals surface area contributed by atoms with Gasteiger partial charge in [0.15, 0.2) is 0 Å². The molecule has 2 aliphatic rings. The second-order valence-electron chi connectivity index (χ2n) is 5.96. The van der Waals surface area contributed by atoms with Gasteiger partial charge in [0.2, 0.25) is 0 Å². The smallest absolute Gasteiger partial charge is 0.306 e. The molecule has 4 heteroatoms. The van der Waals surface area contributed by atoms with Crippen molar-refractivity contribution in [3.63, 3.8) is 0 Å². The highest BCUT2D eigenvalue weighted by molar-refractivity contribution is 5.68. The summed E-state index contributed by atoms with van der Waals surface area (Å²) in [7, 11) is 0. The van der Waals surface area contributed by atoms with Crippen LogP contribution in [-0.2, 0) is 14.3 Å². The van der Waals surface area contributed by atoms with Gasteiger partial charge in [-0.25, -0.2) is 0 Å². The normalized spacial score (nSPS) is 38.9. The highest BCUT2D eigenvalue weighted by Crippen LogP contribution is 2.46. The summed E-state index contributed by atoms with van der Waals surface area (Å²) in [6.07, 6.45) is 6.45. The van der Waals surface area contributed by atoms with E-state index < -0.39 is 11.6 Å². The molecule has 0 aromatic heterocycles. The number of carboxylic acid groups (broad SMARTS) is 1. The topological polar surface area (TPSA) is 55.8 Å². The minimum atomic E-state index is -0.797. The van der Waals surface area contributed by atoms with Crippen LogP contribution in [0, 0.1) is 0 Å². The highest BCUT2D eigenvalue weighted by atomic mass is 16.6. The molecule has 0 aromatic carbocycles. The minimum Gasteiger partial charge on any atom is -0.481 e. The van der Waals surface area contributed by atoms with Gasteiger partial charge in [0, 0.05) is 0 Å². The Bertz CT molecular complexity index is 317. The zero-order valence-corrected chi connectivity index (χ0v) is 11.4. The Kier molecular flexibility index (Phi) is 3.97. The Morgan fingerprint density at radius 1 is 1.44 bits per heavy atom. The van der Waals surface area contributed by atoms with Crippen molar-refractivity contribution < 1.29 is 19.4 Å². The number of rotatable bonds is 6. The summed E-state index contributed by atoms with van der Waals surface area (Å²) in [6.45, 7) is 4.73. The number of ether oxygens (including phenoxy) is 2. The number of carboxylic acids is 1. The van der Waals surface area contributed by atoms with Gasteiger partial charge in [0.1, 0.15) is 5.60 Å². The highest BCUT2D eigenvalue weighted by Gasteiger charge is 2.54. The van der Waals surface area contributed by atoms with Crippen LogP contribution in [0.4, 0.5) is 0 Å². The Morgan fingerprint density at radius 2 is 2.22 bits per heavy atom. The Morgan fingerprint density at radius 3 is 2.89 bits per heavy atom. The third-order valence-electron chi connectivity index (χ3n) is 4.35. The van der Waals surface area contributed by atoms with Crippen LogP contribution in [0.2, 0.25) is 0 Å². The van der Waals surface area contributed by atoms with Crippen molar-refractivity contribution in [3.8, 4) is 0 Å². The lowest BCUT2D eigenvalue weighted by Gasteiger charge is -2.44. The van der Waals surface area contributed by atoms with Crippen LogP contribution in [0.5, 0.6) is 0 Å². The molecule has 4 nitrogen and oxygen atoms in total. The zero-order valence-electron chi connectivity index (χ0n) is 11.4. The second kappa shape index (κ2) is 5.17. The summed E-state index contributed by atoms with van der Waals surface area (Å²) in [5, 5.41) is 8.95. The molecule has 2 saturated heterocycles. The van der Waals surface area contributed by atoms with E-state index in [-0.39, 0.29) is 18.1 Å². The number of hydrogen-bond acceptors (Lipinski definition) is 3. The molecule has 2 rings (SSSR count). The van der Waals surface area contributed by atoms with Crippen LogP contribution >= 0.6 is 0 Å². The summed E-state index contributed by atoms with van der Waals surface area (Å²) in [4.78, 5) is 10.9. The van der Waals surface area contributed by atoms with Gasteiger partial charge in [-0.1, -0.05) is 26.2 Å². The quantitative estimate of drug-likeness (QED) is 0.742. The van der Waals surface area contributed by atoms with Gasteiger partial charge < -0.3 is 14.6 Å². The van der Waals surface area contributed by atoms with E-state index in [9.17, 15) is 4.79 Å². The lowest BCUT2D eigenvalue weighted by atomic mass is 9.90. The monoisotopic (exact) mass is 256 g/mol. The molecule has 0 saturated carbocycles. The molecule has 18 heavy (non-hydrogen) atoms. The first-order chi connectivity index (χ1) is 8.50. The molecule has 0 radical (unpaired) electrons. The van der Waals surface area contributed by atoms with Crippen LogP contribution in [0.25, 0.3) is 0 Å². The lowest BCUT2D eigenvalue weighted by molar-refractivity contribution is -0.242. The van der Waals surface area contributed by atoms with Gasteiger partial charge in [-0.15, -0.1) is 0 Å². The Hall–Kier alpha value is -0.610. The average Bonchev–Trinajstić information content (AvgIpc) is 2.66. The molecule has 0 amide bonds. The largest absolute Gasteiger partial charge is 0.481 e. The fourth-order valence-electron chi connectivity index (χ4n) is 3.16. The maximum absolute atomic E-state index is 10.9. The van der Waals surface area contributed by atoms with Gasteiger partial charge in [-0.05, 0) is 26.2 Å². The van der Waals surface area contributed by atoms with Gasteiger partial charge in [-0.3, -0.25) is 4.79 Å². The van der Waals surface area contributed by atoms with Gasteiger partial charge >= 0.3 is 5.97 Å². The predicted molar refractivity (Wildman–Crippen MR) is 67.6 cm³/mol. The number of unbranched alkanes of at least 4 members (excludes halogenated alkanes) is 2. The number of aliphatic carboxylic acids is 1. The van der Waals surface area contributed by atoms with E-state index in [1.54, 1.807) is 0 Å². The summed E-state index contributed by atoms with van der Waals surface area (Å²) in [5.74, 6) is -0.797. The van der Waals surface area contributed by atoms with E-state index in [0.29, 0.717) is 6.61 Å². The van der Waals surface area contributed by atoms with E-state index in [1.165, 1.54) is 12.8 Å². The van der Waals surface area contributed by atoms with Crippen LogP contribution < -0.4 is 0 Å². The van der Waals surface area contributed by atoms with Crippen LogP contribution in [0.3, 0.4) is 0 Å². The molecule has 0 spiro atoms. The second-order valence-corrected chi connectivity index (χ2v) is 5.96. The third-order valence-corrected chi connectivity index (χ3v) is 4.35. The first-order valence-corrected chi connectivity index (χ1v) is 7.03. The van der Waals surface area contributed by atoms with Crippen molar-refractivity contribution >= 4 is 5.97 Å². The summed E-state index contributed by atoms with van der Waals surface area (Å²) in [6, 6.07) is 0. The van der Waals surface area contributed by atoms with Gasteiger partial charge in [0.05, 0.1) is 24.7 Å². The van der Waals surface area contributed by atoms with Crippen LogP contribution in [0.15, 0.2) is 0 Å². The van der Waals surface area contributed by atoms with E-state index >= 15 is 0 Å². The Labute approximate surface area is 109 Å². The molecule has 2 bridgehead atoms. The van der Waals surface area contributed by atoms with Crippen molar-refractivity contribution in [2.75, 3.05) is 6.61 Å². The predicted octanol–water partition coefficient (Wildman–Crippen LogP) is 2.75. The summed E-state index contributed by atoms with van der Waals surface area (Å²) >= 11 is 0. The van der Waals surface area contributed by atoms with Gasteiger partial charge in [0.25, 0.3) is 0 Å². The number of hydrogen-bond donors (Lipinski definition) is 1. The zero-order chi connectivity index (χ0) is 13.2. The van der Waals surface area contributed by atoms with E-state index in [1.807, 2.05) is 0 Å². The average molecular weight is 256 g/mol. The molecular formula is C14H24O4. The fraction of sp³-hybridized carbons (Fsp3) is 0.929. The van der Waals surface area contributed by atoms with Crippen molar-refractivity contribution in [1.29, 1.82) is 0 Å². The maximum Gasteiger partial charge on any atom is 0.306 e. The molecule has 2 heterocycles. The van der Waals surface area contributed by atoms with Crippen molar-refractivity contribution in [1.82, 2.24) is 0 Å². The number of fused-ring (bicyclic) bond motifs is 2. The maximum atomic E-state index is 10.9. The molecule has 3 atom stereocenters. The molecule has 1 N–H and O–H groups in total. The van der Waals surface area contributed by atoms with E-state index in [0.717, 1.165) is 25.7 Å². The summed E-state index contributed by atoms with van der Waals surface area (Å²) in [5.41, 5.74) is -0.769. The molecule has 104 valence electrons. The van der Waals surface area contributed by atoms with Crippen molar-refractivity contribution in [3.05, 3.63) is 0 Å². The Balaban J connectivity index is 1.95. The molecule has 0 aliphatic carbocycles. The van der Waals surface area contributed by atoms with E-state index in [2.05, 4.69) is 13.8 Å². The first-order valence-electron chi connectivity index (χ1n) is 7.03. The van der Waals surface area contributed by atoms with E-state index in [4.69, 9.17) is 14.6 Å². The fourth-order valence-corrected chi connectivity index (χ4v) is 3.16. The van der Waals surface area contributed by atoms with Crippen LogP contribution in [-0.4, -0.2) is 35.0 Å². The van der Waals surface area contributed by atoms with Gasteiger partial charge in [-0.2, -0.15) is 0 Å². The molecular weight excluding hydrogens is 232 g/mol.